The third-order valence-electron chi connectivity index (χ3n) is 1.40. The van der Waals surface area contributed by atoms with E-state index >= 15 is 0 Å². The summed E-state index contributed by atoms with van der Waals surface area (Å²) in [4.78, 5) is 12.1. The van der Waals surface area contributed by atoms with Crippen LogP contribution in [0.15, 0.2) is 67.8 Å². The Morgan fingerprint density at radius 3 is 1.27 bits per heavy atom. The molecule has 3 N–H and O–H groups in total. The Bertz CT molecular complexity index is 245. The molecule has 0 saturated heterocycles. The quantitative estimate of drug-likeness (QED) is 0.515. The van der Waals surface area contributed by atoms with Crippen LogP contribution in [0, 0.1) is 0 Å². The molecule has 3 heterocycles. The van der Waals surface area contributed by atoms with Gasteiger partial charge < -0.3 is 15.0 Å². The van der Waals surface area contributed by atoms with E-state index in [9.17, 15) is 0 Å². The molecular weight excluding hydrogens is 188 g/mol. The van der Waals surface area contributed by atoms with Crippen molar-refractivity contribution in [2.75, 3.05) is 0 Å². The van der Waals surface area contributed by atoms with E-state index < -0.39 is 0 Å². The van der Waals surface area contributed by atoms with Gasteiger partial charge in [0, 0.05) is 37.2 Å². The predicted molar refractivity (Wildman–Crippen MR) is 60.2 cm³/mol. The van der Waals surface area contributed by atoms with E-state index in [-0.39, 0.29) is 0 Å². The second kappa shape index (κ2) is 8.37. The van der Waals surface area contributed by atoms with Gasteiger partial charge in [-0.25, -0.2) is 4.98 Å². The normalized spacial score (nSPS) is 8.00. The van der Waals surface area contributed by atoms with Gasteiger partial charge in [-0.2, -0.15) is 0 Å². The van der Waals surface area contributed by atoms with Gasteiger partial charge in [0.05, 0.1) is 6.33 Å². The van der Waals surface area contributed by atoms with Gasteiger partial charge in [-0.15, -0.1) is 0 Å². The lowest BCUT2D eigenvalue weighted by Crippen LogP contribution is -1.44. The van der Waals surface area contributed by atoms with Gasteiger partial charge in [-0.05, 0) is 24.3 Å². The molecule has 3 aromatic rings. The van der Waals surface area contributed by atoms with Crippen molar-refractivity contribution >= 4 is 0 Å². The van der Waals surface area contributed by atoms with Crippen molar-refractivity contribution in [2.24, 2.45) is 0 Å². The van der Waals surface area contributed by atoms with E-state index in [4.69, 9.17) is 0 Å². The Morgan fingerprint density at radius 1 is 0.600 bits per heavy atom. The Balaban J connectivity index is 0.000000112. The number of imidazole rings is 1. The minimum absolute atomic E-state index is 1.62. The number of rotatable bonds is 0. The lowest BCUT2D eigenvalue weighted by Gasteiger charge is -1.49. The standard InChI is InChI=1S/2C4H5N.C3H4N2/c2*1-2-4-5-3-1;1-2-5-3-4-1/h2*1-5H;1-3H,(H,4,5). The average Bonchev–Trinajstić information content (AvgIpc) is 3.09. The van der Waals surface area contributed by atoms with E-state index in [1.54, 1.807) is 18.7 Å². The molecule has 3 aromatic heterocycles. The monoisotopic (exact) mass is 202 g/mol. The SMILES string of the molecule is c1c[nH]cn1.c1cc[nH]c1.c1cc[nH]c1. The number of hydrogen-bond acceptors (Lipinski definition) is 1. The Hall–Kier alpha value is -2.23. The molecule has 0 unspecified atom stereocenters. The van der Waals surface area contributed by atoms with Gasteiger partial charge >= 0.3 is 0 Å². The van der Waals surface area contributed by atoms with Crippen LogP contribution in [0.1, 0.15) is 0 Å². The van der Waals surface area contributed by atoms with Crippen molar-refractivity contribution in [3.63, 3.8) is 0 Å². The van der Waals surface area contributed by atoms with E-state index in [1.807, 2.05) is 49.1 Å². The molecule has 0 fully saturated rings. The van der Waals surface area contributed by atoms with Crippen molar-refractivity contribution in [1.29, 1.82) is 0 Å². The molecule has 0 bridgehead atoms. The first kappa shape index (κ1) is 10.8. The first-order chi connectivity index (χ1) is 7.50. The maximum Gasteiger partial charge on any atom is 0.0919 e. The summed E-state index contributed by atoms with van der Waals surface area (Å²) < 4.78 is 0. The summed E-state index contributed by atoms with van der Waals surface area (Å²) in [6.45, 7) is 0. The van der Waals surface area contributed by atoms with E-state index in [2.05, 4.69) is 19.9 Å². The molecule has 0 aromatic carbocycles. The molecule has 0 saturated carbocycles. The van der Waals surface area contributed by atoms with Crippen molar-refractivity contribution < 1.29 is 0 Å². The largest absolute Gasteiger partial charge is 0.368 e. The zero-order valence-electron chi connectivity index (χ0n) is 8.30. The summed E-state index contributed by atoms with van der Waals surface area (Å²) >= 11 is 0. The van der Waals surface area contributed by atoms with Crippen LogP contribution in [0.2, 0.25) is 0 Å². The van der Waals surface area contributed by atoms with Crippen LogP contribution in [-0.2, 0) is 0 Å². The van der Waals surface area contributed by atoms with Crippen molar-refractivity contribution in [3.8, 4) is 0 Å². The van der Waals surface area contributed by atoms with Gasteiger partial charge in [-0.3, -0.25) is 0 Å². The smallest absolute Gasteiger partial charge is 0.0919 e. The Kier molecular flexibility index (Phi) is 6.05. The molecule has 0 aliphatic carbocycles. The molecule has 0 aliphatic heterocycles. The van der Waals surface area contributed by atoms with Crippen molar-refractivity contribution in [2.45, 2.75) is 0 Å². The lowest BCUT2D eigenvalue weighted by molar-refractivity contribution is 1.31. The van der Waals surface area contributed by atoms with Gasteiger partial charge in [0.15, 0.2) is 0 Å². The summed E-state index contributed by atoms with van der Waals surface area (Å²) in [7, 11) is 0. The topological polar surface area (TPSA) is 60.3 Å². The molecule has 0 amide bonds. The summed E-state index contributed by atoms with van der Waals surface area (Å²) in [5, 5.41) is 0. The van der Waals surface area contributed by atoms with Gasteiger partial charge in [0.25, 0.3) is 0 Å². The molecule has 4 nitrogen and oxygen atoms in total. The number of H-pyrrole nitrogens is 3. The molecule has 0 aliphatic rings. The van der Waals surface area contributed by atoms with E-state index in [1.165, 1.54) is 0 Å². The summed E-state index contributed by atoms with van der Waals surface area (Å²) in [5.41, 5.74) is 0. The third-order valence-corrected chi connectivity index (χ3v) is 1.40. The predicted octanol–water partition coefficient (Wildman–Crippen LogP) is 2.44. The molecule has 4 heteroatoms. The van der Waals surface area contributed by atoms with Crippen LogP contribution in [0.4, 0.5) is 0 Å². The maximum atomic E-state index is 3.67. The number of aromatic nitrogens is 4. The molecule has 0 radical (unpaired) electrons. The number of hydrogen-bond donors (Lipinski definition) is 3. The van der Waals surface area contributed by atoms with Gasteiger partial charge in [-0.1, -0.05) is 0 Å². The lowest BCUT2D eigenvalue weighted by atomic mass is 10.7. The average molecular weight is 202 g/mol. The van der Waals surface area contributed by atoms with Crippen LogP contribution in [0.5, 0.6) is 0 Å². The van der Waals surface area contributed by atoms with Gasteiger partial charge in [0.1, 0.15) is 0 Å². The van der Waals surface area contributed by atoms with Crippen LogP contribution < -0.4 is 0 Å². The molecule has 78 valence electrons. The zero-order valence-corrected chi connectivity index (χ0v) is 8.30. The van der Waals surface area contributed by atoms with Crippen LogP contribution in [-0.4, -0.2) is 19.9 Å². The minimum atomic E-state index is 1.62. The highest BCUT2D eigenvalue weighted by Gasteiger charge is 1.57. The molecule has 0 spiro atoms. The highest BCUT2D eigenvalue weighted by Crippen LogP contribution is 1.72. The number of nitrogens with zero attached hydrogens (tertiary/aromatic N) is 1. The highest BCUT2D eigenvalue weighted by molar-refractivity contribution is 4.85. The fourth-order valence-corrected chi connectivity index (χ4v) is 0.771. The van der Waals surface area contributed by atoms with Crippen LogP contribution in [0.25, 0.3) is 0 Å². The Morgan fingerprint density at radius 2 is 1.13 bits per heavy atom. The first-order valence-electron chi connectivity index (χ1n) is 4.58. The second-order valence-corrected chi connectivity index (χ2v) is 2.53. The maximum absolute atomic E-state index is 3.67. The molecular formula is C11H14N4. The molecule has 15 heavy (non-hydrogen) atoms. The second-order valence-electron chi connectivity index (χ2n) is 2.53. The fourth-order valence-electron chi connectivity index (χ4n) is 0.771. The van der Waals surface area contributed by atoms with E-state index in [0.29, 0.717) is 0 Å². The number of nitrogens with one attached hydrogen (secondary N) is 3. The zero-order chi connectivity index (χ0) is 10.6. The first-order valence-corrected chi connectivity index (χ1v) is 4.58. The van der Waals surface area contributed by atoms with Crippen molar-refractivity contribution in [3.05, 3.63) is 67.8 Å². The summed E-state index contributed by atoms with van der Waals surface area (Å²) in [6.07, 6.45) is 12.6. The van der Waals surface area contributed by atoms with Crippen molar-refractivity contribution in [1.82, 2.24) is 19.9 Å². The summed E-state index contributed by atoms with van der Waals surface area (Å²) in [5.74, 6) is 0. The number of aromatic amines is 3. The highest BCUT2D eigenvalue weighted by atomic mass is 14.8. The van der Waals surface area contributed by atoms with Crippen LogP contribution in [0.3, 0.4) is 0 Å². The summed E-state index contributed by atoms with van der Waals surface area (Å²) in [6, 6.07) is 7.78. The third kappa shape index (κ3) is 6.89. The van der Waals surface area contributed by atoms with Gasteiger partial charge in [0.2, 0.25) is 0 Å². The van der Waals surface area contributed by atoms with E-state index in [0.717, 1.165) is 0 Å². The van der Waals surface area contributed by atoms with Crippen LogP contribution >= 0.6 is 0 Å². The Labute approximate surface area is 88.4 Å². The molecule has 0 atom stereocenters. The minimum Gasteiger partial charge on any atom is -0.368 e. The fraction of sp³-hybridized carbons (Fsp3) is 0. The molecule has 3 rings (SSSR count).